The van der Waals surface area contributed by atoms with Gasteiger partial charge in [-0.15, -0.1) is 0 Å². The molecule has 1 amide bonds. The number of nitrogens with zero attached hydrogens (tertiary/aromatic N) is 2. The summed E-state index contributed by atoms with van der Waals surface area (Å²) in [6.07, 6.45) is 6.91. The number of oxazole rings is 1. The van der Waals surface area contributed by atoms with Crippen molar-refractivity contribution in [2.45, 2.75) is 57.1 Å². The van der Waals surface area contributed by atoms with Crippen LogP contribution in [0.1, 0.15) is 44.4 Å². The van der Waals surface area contributed by atoms with Crippen LogP contribution in [-0.2, 0) is 16.0 Å². The number of rotatable bonds is 4. The van der Waals surface area contributed by atoms with Crippen molar-refractivity contribution in [1.29, 1.82) is 0 Å². The van der Waals surface area contributed by atoms with E-state index in [4.69, 9.17) is 9.15 Å². The predicted octanol–water partition coefficient (Wildman–Crippen LogP) is 3.32. The van der Waals surface area contributed by atoms with E-state index in [-0.39, 0.29) is 12.0 Å². The molecule has 2 fully saturated rings. The van der Waals surface area contributed by atoms with Crippen LogP contribution in [0.3, 0.4) is 0 Å². The van der Waals surface area contributed by atoms with Crippen LogP contribution in [0.2, 0.25) is 0 Å². The molecule has 1 aliphatic heterocycles. The molecule has 0 N–H and O–H groups in total. The molecule has 2 unspecified atom stereocenters. The van der Waals surface area contributed by atoms with Gasteiger partial charge in [-0.25, -0.2) is 4.98 Å². The van der Waals surface area contributed by atoms with E-state index < -0.39 is 0 Å². The summed E-state index contributed by atoms with van der Waals surface area (Å²) >= 11 is 0. The number of benzene rings is 1. The number of fused-ring (bicyclic) bond motifs is 2. The fourth-order valence-electron chi connectivity index (χ4n) is 3.97. The predicted molar refractivity (Wildman–Crippen MR) is 90.7 cm³/mol. The number of carbonyl (C=O) groups excluding carboxylic acids is 1. The maximum Gasteiger partial charge on any atom is 0.223 e. The molecule has 2 atom stereocenters. The Hall–Kier alpha value is -1.88. The summed E-state index contributed by atoms with van der Waals surface area (Å²) in [6, 6.07) is 8.07. The van der Waals surface area contributed by atoms with Crippen molar-refractivity contribution in [3.05, 3.63) is 30.2 Å². The molecular formula is C19H24N2O3. The van der Waals surface area contributed by atoms with Gasteiger partial charge >= 0.3 is 0 Å². The third kappa shape index (κ3) is 3.18. The van der Waals surface area contributed by atoms with E-state index in [1.807, 2.05) is 24.3 Å². The molecule has 1 aromatic heterocycles. The molecule has 2 aliphatic rings. The first-order chi connectivity index (χ1) is 11.8. The van der Waals surface area contributed by atoms with E-state index in [1.54, 1.807) is 0 Å². The average molecular weight is 328 g/mol. The Morgan fingerprint density at radius 2 is 2.12 bits per heavy atom. The topological polar surface area (TPSA) is 55.6 Å². The van der Waals surface area contributed by atoms with Crippen LogP contribution in [-0.4, -0.2) is 41.1 Å². The second-order valence-corrected chi connectivity index (χ2v) is 6.78. The summed E-state index contributed by atoms with van der Waals surface area (Å²) in [6.45, 7) is 1.42. The molecule has 2 heterocycles. The zero-order valence-electron chi connectivity index (χ0n) is 13.9. The highest BCUT2D eigenvalue weighted by molar-refractivity contribution is 5.76. The highest BCUT2D eigenvalue weighted by Gasteiger charge is 2.36. The molecule has 5 heteroatoms. The van der Waals surface area contributed by atoms with Gasteiger partial charge in [0.05, 0.1) is 18.8 Å². The third-order valence-electron chi connectivity index (χ3n) is 5.17. The van der Waals surface area contributed by atoms with Crippen LogP contribution in [0.25, 0.3) is 11.1 Å². The van der Waals surface area contributed by atoms with Crippen LogP contribution in [0.15, 0.2) is 28.7 Å². The number of aryl methyl sites for hydroxylation is 1. The minimum atomic E-state index is 0.256. The second-order valence-electron chi connectivity index (χ2n) is 6.78. The number of carbonyl (C=O) groups is 1. The van der Waals surface area contributed by atoms with Crippen LogP contribution >= 0.6 is 0 Å². The molecule has 128 valence electrons. The Morgan fingerprint density at radius 3 is 3.04 bits per heavy atom. The van der Waals surface area contributed by atoms with Crippen molar-refractivity contribution in [1.82, 2.24) is 9.88 Å². The van der Waals surface area contributed by atoms with Crippen molar-refractivity contribution >= 4 is 17.0 Å². The lowest BCUT2D eigenvalue weighted by Gasteiger charge is -2.43. The Kier molecular flexibility index (Phi) is 4.52. The molecule has 0 bridgehead atoms. The fraction of sp³-hybridized carbons (Fsp3) is 0.579. The fourth-order valence-corrected chi connectivity index (χ4v) is 3.97. The maximum atomic E-state index is 12.6. The molecular weight excluding hydrogens is 304 g/mol. The zero-order valence-corrected chi connectivity index (χ0v) is 13.9. The van der Waals surface area contributed by atoms with E-state index in [1.165, 1.54) is 12.8 Å². The number of morpholine rings is 1. The number of para-hydroxylation sites is 2. The van der Waals surface area contributed by atoms with Crippen LogP contribution in [0, 0.1) is 0 Å². The van der Waals surface area contributed by atoms with Gasteiger partial charge in [0.1, 0.15) is 5.52 Å². The van der Waals surface area contributed by atoms with Crippen LogP contribution in [0.5, 0.6) is 0 Å². The molecule has 1 saturated heterocycles. The number of hydrogen-bond donors (Lipinski definition) is 0. The van der Waals surface area contributed by atoms with Gasteiger partial charge in [0.15, 0.2) is 11.5 Å². The number of ether oxygens (including phenoxy) is 1. The molecule has 24 heavy (non-hydrogen) atoms. The lowest BCUT2D eigenvalue weighted by molar-refractivity contribution is -0.149. The summed E-state index contributed by atoms with van der Waals surface area (Å²) in [5, 5.41) is 0. The molecule has 0 radical (unpaired) electrons. The molecule has 4 rings (SSSR count). The quantitative estimate of drug-likeness (QED) is 0.864. The Morgan fingerprint density at radius 1 is 1.25 bits per heavy atom. The third-order valence-corrected chi connectivity index (χ3v) is 5.17. The van der Waals surface area contributed by atoms with E-state index in [0.717, 1.165) is 42.8 Å². The van der Waals surface area contributed by atoms with Crippen molar-refractivity contribution in [3.8, 4) is 0 Å². The molecule has 1 aromatic carbocycles. The summed E-state index contributed by atoms with van der Waals surface area (Å²) in [5.41, 5.74) is 1.70. The van der Waals surface area contributed by atoms with Gasteiger partial charge in [-0.1, -0.05) is 25.0 Å². The number of aromatic nitrogens is 1. The number of amides is 1. The highest BCUT2D eigenvalue weighted by atomic mass is 16.5. The summed E-state index contributed by atoms with van der Waals surface area (Å²) in [7, 11) is 0. The Balaban J connectivity index is 1.32. The smallest absolute Gasteiger partial charge is 0.223 e. The van der Waals surface area contributed by atoms with Gasteiger partial charge < -0.3 is 14.1 Å². The average Bonchev–Trinajstić information content (AvgIpc) is 3.04. The first-order valence-corrected chi connectivity index (χ1v) is 9.07. The van der Waals surface area contributed by atoms with Crippen molar-refractivity contribution in [2.24, 2.45) is 0 Å². The van der Waals surface area contributed by atoms with Crippen molar-refractivity contribution < 1.29 is 13.9 Å². The first kappa shape index (κ1) is 15.6. The van der Waals surface area contributed by atoms with E-state index >= 15 is 0 Å². The van der Waals surface area contributed by atoms with Gasteiger partial charge in [-0.05, 0) is 31.4 Å². The molecule has 2 aromatic rings. The van der Waals surface area contributed by atoms with E-state index in [2.05, 4.69) is 9.88 Å². The van der Waals surface area contributed by atoms with Gasteiger partial charge in [0.2, 0.25) is 5.91 Å². The normalized spacial score (nSPS) is 24.1. The van der Waals surface area contributed by atoms with Crippen molar-refractivity contribution in [3.63, 3.8) is 0 Å². The zero-order chi connectivity index (χ0) is 16.4. The maximum absolute atomic E-state index is 12.6. The van der Waals surface area contributed by atoms with Gasteiger partial charge in [-0.2, -0.15) is 0 Å². The van der Waals surface area contributed by atoms with Crippen LogP contribution < -0.4 is 0 Å². The standard InChI is InChI=1S/C19H24N2O3/c22-19(21-12-13-23-17-9-4-2-7-15(17)21)11-5-10-18-20-14-6-1-3-8-16(14)24-18/h1,3,6,8,15,17H,2,4-5,7,9-13H2. The van der Waals surface area contributed by atoms with Crippen LogP contribution in [0.4, 0.5) is 0 Å². The molecule has 5 nitrogen and oxygen atoms in total. The van der Waals surface area contributed by atoms with Gasteiger partial charge in [-0.3, -0.25) is 4.79 Å². The minimum absolute atomic E-state index is 0.256. The SMILES string of the molecule is O=C(CCCc1nc2ccccc2o1)N1CCOC2CCCCC21. The molecule has 0 spiro atoms. The lowest BCUT2D eigenvalue weighted by atomic mass is 9.90. The second kappa shape index (κ2) is 6.93. The lowest BCUT2D eigenvalue weighted by Crippen LogP contribution is -2.54. The summed E-state index contributed by atoms with van der Waals surface area (Å²) in [4.78, 5) is 19.2. The van der Waals surface area contributed by atoms with Gasteiger partial charge in [0, 0.05) is 19.4 Å². The monoisotopic (exact) mass is 328 g/mol. The molecule has 1 aliphatic carbocycles. The summed E-state index contributed by atoms with van der Waals surface area (Å²) in [5.74, 6) is 0.979. The highest BCUT2D eigenvalue weighted by Crippen LogP contribution is 2.29. The minimum Gasteiger partial charge on any atom is -0.441 e. The number of hydrogen-bond acceptors (Lipinski definition) is 4. The molecule has 1 saturated carbocycles. The summed E-state index contributed by atoms with van der Waals surface area (Å²) < 4.78 is 11.6. The Bertz CT molecular complexity index is 676. The van der Waals surface area contributed by atoms with E-state index in [9.17, 15) is 4.79 Å². The Labute approximate surface area is 142 Å². The van der Waals surface area contributed by atoms with Crippen molar-refractivity contribution in [2.75, 3.05) is 13.2 Å². The van der Waals surface area contributed by atoms with Gasteiger partial charge in [0.25, 0.3) is 0 Å². The largest absolute Gasteiger partial charge is 0.441 e. The first-order valence-electron chi connectivity index (χ1n) is 9.07. The van der Waals surface area contributed by atoms with E-state index in [0.29, 0.717) is 25.5 Å².